The Hall–Kier alpha value is -3.75. The number of anilines is 1. The SMILES string of the molecule is COc1cc(NC(=O)C(CCC(=O)O)NC(=O)OCc2ccccc2)cc(OC)c1. The molecule has 30 heavy (non-hydrogen) atoms. The summed E-state index contributed by atoms with van der Waals surface area (Å²) in [5.74, 6) is -0.762. The van der Waals surface area contributed by atoms with Crippen LogP contribution < -0.4 is 20.1 Å². The molecule has 0 aliphatic heterocycles. The number of aliphatic carboxylic acids is 1. The number of ether oxygens (including phenoxy) is 3. The summed E-state index contributed by atoms with van der Waals surface area (Å²) >= 11 is 0. The lowest BCUT2D eigenvalue weighted by Crippen LogP contribution is -2.44. The summed E-state index contributed by atoms with van der Waals surface area (Å²) in [6, 6.07) is 12.7. The van der Waals surface area contributed by atoms with Crippen LogP contribution in [0.3, 0.4) is 0 Å². The molecule has 0 radical (unpaired) electrons. The van der Waals surface area contributed by atoms with Crippen LogP contribution in [0.4, 0.5) is 10.5 Å². The first-order valence-corrected chi connectivity index (χ1v) is 9.14. The summed E-state index contributed by atoms with van der Waals surface area (Å²) < 4.78 is 15.4. The van der Waals surface area contributed by atoms with Crippen molar-refractivity contribution in [3.63, 3.8) is 0 Å². The number of carboxylic acids is 1. The number of carbonyl (C=O) groups excluding carboxylic acids is 2. The highest BCUT2D eigenvalue weighted by Crippen LogP contribution is 2.26. The second-order valence-electron chi connectivity index (χ2n) is 6.28. The number of carbonyl (C=O) groups is 3. The first kappa shape index (κ1) is 22.5. The van der Waals surface area contributed by atoms with Crippen molar-refractivity contribution in [2.75, 3.05) is 19.5 Å². The van der Waals surface area contributed by atoms with E-state index in [4.69, 9.17) is 19.3 Å². The number of carboxylic acid groups (broad SMARTS) is 1. The molecule has 0 spiro atoms. The molecule has 1 unspecified atom stereocenters. The molecule has 0 aliphatic rings. The fourth-order valence-corrected chi connectivity index (χ4v) is 2.55. The molecule has 9 nitrogen and oxygen atoms in total. The van der Waals surface area contributed by atoms with Crippen molar-refractivity contribution in [3.8, 4) is 11.5 Å². The molecule has 0 saturated carbocycles. The molecule has 1 atom stereocenters. The number of alkyl carbamates (subject to hydrolysis) is 1. The van der Waals surface area contributed by atoms with Gasteiger partial charge in [0.1, 0.15) is 24.1 Å². The van der Waals surface area contributed by atoms with E-state index in [-0.39, 0.29) is 19.4 Å². The normalized spacial score (nSPS) is 11.1. The summed E-state index contributed by atoms with van der Waals surface area (Å²) in [6.07, 6.45) is -1.24. The van der Waals surface area contributed by atoms with Gasteiger partial charge in [0.15, 0.2) is 0 Å². The van der Waals surface area contributed by atoms with Gasteiger partial charge in [-0.2, -0.15) is 0 Å². The van der Waals surface area contributed by atoms with Gasteiger partial charge in [0.2, 0.25) is 5.91 Å². The Balaban J connectivity index is 2.04. The van der Waals surface area contributed by atoms with Gasteiger partial charge in [-0.05, 0) is 12.0 Å². The maximum atomic E-state index is 12.7. The minimum Gasteiger partial charge on any atom is -0.497 e. The van der Waals surface area contributed by atoms with Gasteiger partial charge >= 0.3 is 12.1 Å². The van der Waals surface area contributed by atoms with E-state index in [9.17, 15) is 14.4 Å². The van der Waals surface area contributed by atoms with Gasteiger partial charge in [0.05, 0.1) is 14.2 Å². The molecule has 2 aromatic rings. The third-order valence-electron chi connectivity index (χ3n) is 4.09. The minimum absolute atomic E-state index is 0.0209. The highest BCUT2D eigenvalue weighted by atomic mass is 16.5. The predicted octanol–water partition coefficient (Wildman–Crippen LogP) is 2.80. The van der Waals surface area contributed by atoms with Gasteiger partial charge < -0.3 is 30.0 Å². The minimum atomic E-state index is -1.11. The lowest BCUT2D eigenvalue weighted by atomic mass is 10.1. The van der Waals surface area contributed by atoms with Crippen LogP contribution in [0.15, 0.2) is 48.5 Å². The maximum Gasteiger partial charge on any atom is 0.408 e. The lowest BCUT2D eigenvalue weighted by molar-refractivity contribution is -0.137. The number of methoxy groups -OCH3 is 2. The lowest BCUT2D eigenvalue weighted by Gasteiger charge is -2.18. The van der Waals surface area contributed by atoms with E-state index in [1.165, 1.54) is 14.2 Å². The quantitative estimate of drug-likeness (QED) is 0.544. The molecular formula is C21H24N2O7. The molecule has 2 amide bonds. The average Bonchev–Trinajstić information content (AvgIpc) is 2.75. The van der Waals surface area contributed by atoms with Crippen LogP contribution in [0, 0.1) is 0 Å². The summed E-state index contributed by atoms with van der Waals surface area (Å²) in [5, 5.41) is 14.0. The molecule has 0 aromatic heterocycles. The number of hydrogen-bond donors (Lipinski definition) is 3. The Labute approximate surface area is 173 Å². The zero-order chi connectivity index (χ0) is 21.9. The topological polar surface area (TPSA) is 123 Å². The Morgan fingerprint density at radius 3 is 2.20 bits per heavy atom. The molecule has 160 valence electrons. The molecule has 3 N–H and O–H groups in total. The second-order valence-corrected chi connectivity index (χ2v) is 6.28. The van der Waals surface area contributed by atoms with Crippen molar-refractivity contribution in [1.29, 1.82) is 0 Å². The van der Waals surface area contributed by atoms with Gasteiger partial charge in [-0.3, -0.25) is 9.59 Å². The van der Waals surface area contributed by atoms with Crippen molar-refractivity contribution in [2.45, 2.75) is 25.5 Å². The number of rotatable bonds is 10. The maximum absolute atomic E-state index is 12.7. The average molecular weight is 416 g/mol. The van der Waals surface area contributed by atoms with Crippen LogP contribution in [-0.4, -0.2) is 43.3 Å². The number of nitrogens with one attached hydrogen (secondary N) is 2. The van der Waals surface area contributed by atoms with Crippen molar-refractivity contribution in [2.24, 2.45) is 0 Å². The molecular weight excluding hydrogens is 392 g/mol. The molecule has 0 aliphatic carbocycles. The molecule has 0 saturated heterocycles. The molecule has 2 rings (SSSR count). The Kier molecular flexibility index (Phi) is 8.49. The first-order valence-electron chi connectivity index (χ1n) is 9.14. The fourth-order valence-electron chi connectivity index (χ4n) is 2.55. The molecule has 0 fully saturated rings. The highest BCUT2D eigenvalue weighted by molar-refractivity contribution is 5.97. The van der Waals surface area contributed by atoms with E-state index in [2.05, 4.69) is 10.6 Å². The molecule has 0 heterocycles. The number of amides is 2. The van der Waals surface area contributed by atoms with Crippen LogP contribution in [0.1, 0.15) is 18.4 Å². The first-order chi connectivity index (χ1) is 14.4. The van der Waals surface area contributed by atoms with Crippen molar-refractivity contribution in [3.05, 3.63) is 54.1 Å². The van der Waals surface area contributed by atoms with Crippen LogP contribution >= 0.6 is 0 Å². The van der Waals surface area contributed by atoms with Gasteiger partial charge in [-0.15, -0.1) is 0 Å². The number of hydrogen-bond acceptors (Lipinski definition) is 6. The largest absolute Gasteiger partial charge is 0.497 e. The van der Waals surface area contributed by atoms with E-state index in [0.717, 1.165) is 5.56 Å². The molecule has 0 bridgehead atoms. The van der Waals surface area contributed by atoms with Crippen LogP contribution in [0.2, 0.25) is 0 Å². The van der Waals surface area contributed by atoms with Crippen LogP contribution in [0.5, 0.6) is 11.5 Å². The Morgan fingerprint density at radius 1 is 1.00 bits per heavy atom. The van der Waals surface area contributed by atoms with Gasteiger partial charge in [-0.25, -0.2) is 4.79 Å². The van der Waals surface area contributed by atoms with E-state index in [1.807, 2.05) is 18.2 Å². The van der Waals surface area contributed by atoms with Gasteiger partial charge in [-0.1, -0.05) is 30.3 Å². The van der Waals surface area contributed by atoms with Crippen molar-refractivity contribution >= 4 is 23.7 Å². The van der Waals surface area contributed by atoms with Crippen molar-refractivity contribution < 1.29 is 33.7 Å². The van der Waals surface area contributed by atoms with E-state index in [1.54, 1.807) is 30.3 Å². The summed E-state index contributed by atoms with van der Waals surface area (Å²) in [7, 11) is 2.95. The number of benzene rings is 2. The third-order valence-corrected chi connectivity index (χ3v) is 4.09. The zero-order valence-corrected chi connectivity index (χ0v) is 16.7. The van der Waals surface area contributed by atoms with Crippen LogP contribution in [-0.2, 0) is 20.9 Å². The highest BCUT2D eigenvalue weighted by Gasteiger charge is 2.23. The third kappa shape index (κ3) is 7.34. The van der Waals surface area contributed by atoms with Crippen molar-refractivity contribution in [1.82, 2.24) is 5.32 Å². The van der Waals surface area contributed by atoms with E-state index >= 15 is 0 Å². The Morgan fingerprint density at radius 2 is 1.63 bits per heavy atom. The standard InChI is InChI=1S/C21H24N2O7/c1-28-16-10-15(11-17(12-16)29-2)22-20(26)18(8-9-19(24)25)23-21(27)30-13-14-6-4-3-5-7-14/h3-7,10-12,18H,8-9,13H2,1-2H3,(H,22,26)(H,23,27)(H,24,25). The fraction of sp³-hybridized carbons (Fsp3) is 0.286. The predicted molar refractivity (Wildman–Crippen MR) is 109 cm³/mol. The summed E-state index contributed by atoms with van der Waals surface area (Å²) in [6.45, 7) is 0.0209. The van der Waals surface area contributed by atoms with Gasteiger partial charge in [0.25, 0.3) is 0 Å². The molecule has 9 heteroatoms. The van der Waals surface area contributed by atoms with E-state index in [0.29, 0.717) is 17.2 Å². The smallest absolute Gasteiger partial charge is 0.408 e. The monoisotopic (exact) mass is 416 g/mol. The summed E-state index contributed by atoms with van der Waals surface area (Å²) in [5.41, 5.74) is 1.15. The molecule has 2 aromatic carbocycles. The van der Waals surface area contributed by atoms with Crippen LogP contribution in [0.25, 0.3) is 0 Å². The Bertz CT molecular complexity index is 849. The zero-order valence-electron chi connectivity index (χ0n) is 16.7. The summed E-state index contributed by atoms with van der Waals surface area (Å²) in [4.78, 5) is 35.7. The van der Waals surface area contributed by atoms with E-state index < -0.39 is 24.0 Å². The van der Waals surface area contributed by atoms with Gasteiger partial charge in [0, 0.05) is 30.3 Å². The second kappa shape index (κ2) is 11.3.